The van der Waals surface area contributed by atoms with Gasteiger partial charge in [-0.3, -0.25) is 0 Å². The lowest BCUT2D eigenvalue weighted by Crippen LogP contribution is -1.95. The minimum Gasteiger partial charge on any atom is -0.477 e. The van der Waals surface area contributed by atoms with Gasteiger partial charge in [0.1, 0.15) is 11.3 Å². The molecule has 3 aromatic rings. The smallest absolute Gasteiger partial charge is 0.352 e. The van der Waals surface area contributed by atoms with Crippen molar-refractivity contribution in [2.45, 2.75) is 0 Å². The molecule has 0 radical (unpaired) electrons. The topological polar surface area (TPSA) is 68.9 Å². The molecule has 0 fully saturated rings. The van der Waals surface area contributed by atoms with Crippen molar-refractivity contribution in [3.8, 4) is 0 Å². The van der Waals surface area contributed by atoms with Crippen LogP contribution in [0, 0.1) is 0 Å². The fraction of sp³-hybridized carbons (Fsp3) is 0. The minimum absolute atomic E-state index is 0.197. The van der Waals surface area contributed by atoms with Crippen molar-refractivity contribution in [3.05, 3.63) is 34.4 Å². The lowest BCUT2D eigenvalue weighted by atomic mass is 10.2. The molecule has 0 saturated heterocycles. The number of halogens is 1. The Kier molecular flexibility index (Phi) is 1.85. The number of benzene rings is 1. The van der Waals surface area contributed by atoms with Gasteiger partial charge in [-0.25, -0.2) is 4.79 Å². The summed E-state index contributed by atoms with van der Waals surface area (Å²) in [6.07, 6.45) is 0. The summed E-state index contributed by atoms with van der Waals surface area (Å²) in [6.45, 7) is 0. The number of hydrogen-bond donors (Lipinski definition) is 3. The van der Waals surface area contributed by atoms with Gasteiger partial charge in [-0.15, -0.1) is 0 Å². The first-order valence-corrected chi connectivity index (χ1v) is 5.48. The highest BCUT2D eigenvalue weighted by Gasteiger charge is 2.11. The Balaban J connectivity index is 2.40. The summed E-state index contributed by atoms with van der Waals surface area (Å²) >= 11 is 3.40. The number of fused-ring (bicyclic) bond motifs is 3. The Bertz CT molecular complexity index is 711. The largest absolute Gasteiger partial charge is 0.477 e. The molecule has 3 rings (SSSR count). The number of nitrogens with one attached hydrogen (secondary N) is 2. The molecular formula is C11H7BrN2O2. The van der Waals surface area contributed by atoms with E-state index in [2.05, 4.69) is 25.9 Å². The molecule has 3 N–H and O–H groups in total. The van der Waals surface area contributed by atoms with Crippen LogP contribution in [0.5, 0.6) is 0 Å². The van der Waals surface area contributed by atoms with E-state index in [9.17, 15) is 4.79 Å². The van der Waals surface area contributed by atoms with E-state index >= 15 is 0 Å². The lowest BCUT2D eigenvalue weighted by Gasteiger charge is -1.91. The van der Waals surface area contributed by atoms with Gasteiger partial charge in [0.2, 0.25) is 0 Å². The standard InChI is InChI=1S/C11H7BrN2O2/c12-5-1-2-8-6(3-5)7-4-9(11(15)16)14-10(7)13-8/h1-4,13-14H,(H,15,16). The van der Waals surface area contributed by atoms with Gasteiger partial charge in [-0.05, 0) is 24.3 Å². The second-order valence-corrected chi connectivity index (χ2v) is 4.51. The van der Waals surface area contributed by atoms with Gasteiger partial charge in [0, 0.05) is 20.8 Å². The van der Waals surface area contributed by atoms with E-state index in [4.69, 9.17) is 5.11 Å². The molecule has 2 heterocycles. The van der Waals surface area contributed by atoms with Crippen LogP contribution in [0.25, 0.3) is 21.9 Å². The number of aromatic nitrogens is 2. The van der Waals surface area contributed by atoms with E-state index in [0.717, 1.165) is 26.4 Å². The molecule has 16 heavy (non-hydrogen) atoms. The number of carboxylic acids is 1. The van der Waals surface area contributed by atoms with Crippen molar-refractivity contribution < 1.29 is 9.90 Å². The zero-order chi connectivity index (χ0) is 11.3. The summed E-state index contributed by atoms with van der Waals surface area (Å²) in [5.41, 5.74) is 1.93. The fourth-order valence-corrected chi connectivity index (χ4v) is 2.22. The van der Waals surface area contributed by atoms with Crippen LogP contribution in [0.4, 0.5) is 0 Å². The Labute approximate surface area is 98.4 Å². The number of carboxylic acid groups (broad SMARTS) is 1. The summed E-state index contributed by atoms with van der Waals surface area (Å²) in [4.78, 5) is 16.8. The average molecular weight is 279 g/mol. The average Bonchev–Trinajstić information content (AvgIpc) is 2.75. The van der Waals surface area contributed by atoms with E-state index in [1.54, 1.807) is 6.07 Å². The van der Waals surface area contributed by atoms with Crippen LogP contribution < -0.4 is 0 Å². The van der Waals surface area contributed by atoms with Crippen molar-refractivity contribution in [1.29, 1.82) is 0 Å². The maximum absolute atomic E-state index is 10.8. The van der Waals surface area contributed by atoms with E-state index in [-0.39, 0.29) is 5.69 Å². The Morgan fingerprint density at radius 1 is 1.19 bits per heavy atom. The zero-order valence-corrected chi connectivity index (χ0v) is 9.63. The number of hydrogen-bond acceptors (Lipinski definition) is 1. The highest BCUT2D eigenvalue weighted by Crippen LogP contribution is 2.28. The summed E-state index contributed by atoms with van der Waals surface area (Å²) in [6, 6.07) is 7.50. The predicted octanol–water partition coefficient (Wildman–Crippen LogP) is 3.11. The highest BCUT2D eigenvalue weighted by atomic mass is 79.9. The van der Waals surface area contributed by atoms with E-state index < -0.39 is 5.97 Å². The van der Waals surface area contributed by atoms with E-state index in [1.807, 2.05) is 18.2 Å². The molecule has 0 amide bonds. The fourth-order valence-electron chi connectivity index (χ4n) is 1.86. The van der Waals surface area contributed by atoms with Crippen LogP contribution >= 0.6 is 15.9 Å². The van der Waals surface area contributed by atoms with Gasteiger partial charge in [-0.1, -0.05) is 15.9 Å². The number of aromatic carboxylic acids is 1. The Morgan fingerprint density at radius 3 is 2.75 bits per heavy atom. The van der Waals surface area contributed by atoms with E-state index in [1.165, 1.54) is 0 Å². The summed E-state index contributed by atoms with van der Waals surface area (Å²) < 4.78 is 0.971. The SMILES string of the molecule is O=C(O)c1cc2c([nH]1)[nH]c1ccc(Br)cc12. The minimum atomic E-state index is -0.951. The molecule has 2 aromatic heterocycles. The van der Waals surface area contributed by atoms with Crippen molar-refractivity contribution >= 4 is 43.8 Å². The van der Waals surface area contributed by atoms with Gasteiger partial charge in [0.15, 0.2) is 0 Å². The summed E-state index contributed by atoms with van der Waals surface area (Å²) in [5, 5.41) is 10.8. The summed E-state index contributed by atoms with van der Waals surface area (Å²) in [5.74, 6) is -0.951. The van der Waals surface area contributed by atoms with Gasteiger partial charge < -0.3 is 15.1 Å². The lowest BCUT2D eigenvalue weighted by molar-refractivity contribution is 0.0691. The van der Waals surface area contributed by atoms with Crippen LogP contribution in [0.15, 0.2) is 28.7 Å². The second kappa shape index (κ2) is 3.12. The third-order valence-electron chi connectivity index (χ3n) is 2.58. The number of rotatable bonds is 1. The molecule has 5 heteroatoms. The highest BCUT2D eigenvalue weighted by molar-refractivity contribution is 9.10. The number of carbonyl (C=O) groups is 1. The number of aromatic amines is 2. The van der Waals surface area contributed by atoms with Gasteiger partial charge in [0.05, 0.1) is 0 Å². The molecule has 1 aromatic carbocycles. The van der Waals surface area contributed by atoms with Crippen molar-refractivity contribution in [2.75, 3.05) is 0 Å². The quantitative estimate of drug-likeness (QED) is 0.640. The molecule has 0 spiro atoms. The third kappa shape index (κ3) is 1.25. The van der Waals surface area contributed by atoms with Crippen molar-refractivity contribution in [1.82, 2.24) is 9.97 Å². The van der Waals surface area contributed by atoms with Crippen LogP contribution in [0.1, 0.15) is 10.5 Å². The molecule has 4 nitrogen and oxygen atoms in total. The molecule has 0 aliphatic rings. The molecule has 0 atom stereocenters. The molecule has 0 aliphatic heterocycles. The van der Waals surface area contributed by atoms with Crippen molar-refractivity contribution in [2.24, 2.45) is 0 Å². The van der Waals surface area contributed by atoms with Gasteiger partial charge in [0.25, 0.3) is 0 Å². The molecule has 80 valence electrons. The summed E-state index contributed by atoms with van der Waals surface area (Å²) in [7, 11) is 0. The second-order valence-electron chi connectivity index (χ2n) is 3.59. The zero-order valence-electron chi connectivity index (χ0n) is 8.04. The third-order valence-corrected chi connectivity index (χ3v) is 3.07. The van der Waals surface area contributed by atoms with Gasteiger partial charge >= 0.3 is 5.97 Å². The normalized spacial score (nSPS) is 11.3. The molecule has 0 unspecified atom stereocenters. The van der Waals surface area contributed by atoms with Crippen LogP contribution in [-0.2, 0) is 0 Å². The first-order chi connectivity index (χ1) is 7.65. The molecule has 0 saturated carbocycles. The first kappa shape index (κ1) is 9.47. The van der Waals surface area contributed by atoms with Crippen molar-refractivity contribution in [3.63, 3.8) is 0 Å². The predicted molar refractivity (Wildman–Crippen MR) is 64.8 cm³/mol. The maximum atomic E-state index is 10.8. The Hall–Kier alpha value is -1.75. The molecule has 0 aliphatic carbocycles. The molecular weight excluding hydrogens is 272 g/mol. The number of H-pyrrole nitrogens is 2. The first-order valence-electron chi connectivity index (χ1n) is 4.68. The molecule has 0 bridgehead atoms. The van der Waals surface area contributed by atoms with Crippen LogP contribution in [0.3, 0.4) is 0 Å². The van der Waals surface area contributed by atoms with E-state index in [0.29, 0.717) is 0 Å². The van der Waals surface area contributed by atoms with Gasteiger partial charge in [-0.2, -0.15) is 0 Å². The van der Waals surface area contributed by atoms with Crippen LogP contribution in [-0.4, -0.2) is 21.0 Å². The van der Waals surface area contributed by atoms with Crippen LogP contribution in [0.2, 0.25) is 0 Å². The monoisotopic (exact) mass is 278 g/mol. The Morgan fingerprint density at radius 2 is 2.00 bits per heavy atom. The maximum Gasteiger partial charge on any atom is 0.352 e.